The van der Waals surface area contributed by atoms with Gasteiger partial charge in [-0.25, -0.2) is 9.97 Å². The summed E-state index contributed by atoms with van der Waals surface area (Å²) in [5, 5.41) is 0. The summed E-state index contributed by atoms with van der Waals surface area (Å²) in [5.41, 5.74) is 1.04. The fourth-order valence-electron chi connectivity index (χ4n) is 3.21. The van der Waals surface area contributed by atoms with Crippen molar-refractivity contribution in [3.05, 3.63) is 53.0 Å². The predicted molar refractivity (Wildman–Crippen MR) is 91.1 cm³/mol. The van der Waals surface area contributed by atoms with Crippen molar-refractivity contribution >= 4 is 5.82 Å². The molecule has 2 heterocycles. The molecule has 4 nitrogen and oxygen atoms in total. The number of aromatic nitrogens is 2. The molecule has 4 rings (SSSR count). The first-order chi connectivity index (χ1) is 12.4. The minimum atomic E-state index is -4.32. The molecule has 1 saturated heterocycles. The van der Waals surface area contributed by atoms with Crippen molar-refractivity contribution in [2.24, 2.45) is 0 Å². The van der Waals surface area contributed by atoms with E-state index < -0.39 is 11.7 Å². The Kier molecular flexibility index (Phi) is 4.34. The molecular formula is C19H20F3N3O. The van der Waals surface area contributed by atoms with Crippen LogP contribution >= 0.6 is 0 Å². The summed E-state index contributed by atoms with van der Waals surface area (Å²) in [5.74, 6) is 2.25. The van der Waals surface area contributed by atoms with Gasteiger partial charge in [-0.15, -0.1) is 0 Å². The van der Waals surface area contributed by atoms with Gasteiger partial charge in [0.2, 0.25) is 0 Å². The molecule has 1 aromatic carbocycles. The number of morpholine rings is 1. The topological polar surface area (TPSA) is 38.2 Å². The lowest BCUT2D eigenvalue weighted by atomic mass is 10.1. The van der Waals surface area contributed by atoms with Crippen molar-refractivity contribution in [2.45, 2.75) is 38.0 Å². The van der Waals surface area contributed by atoms with Gasteiger partial charge in [-0.3, -0.25) is 0 Å². The van der Waals surface area contributed by atoms with E-state index in [1.165, 1.54) is 12.1 Å². The molecule has 0 unspecified atom stereocenters. The van der Waals surface area contributed by atoms with Gasteiger partial charge in [0, 0.05) is 30.8 Å². The number of rotatable bonds is 3. The second-order valence-electron chi connectivity index (χ2n) is 6.93. The largest absolute Gasteiger partial charge is 0.416 e. The lowest BCUT2D eigenvalue weighted by Gasteiger charge is -2.34. The minimum Gasteiger partial charge on any atom is -0.370 e. The zero-order valence-corrected chi connectivity index (χ0v) is 14.5. The van der Waals surface area contributed by atoms with Gasteiger partial charge in [-0.05, 0) is 37.5 Å². The Hall–Kier alpha value is -2.15. The van der Waals surface area contributed by atoms with E-state index in [2.05, 4.69) is 9.88 Å². The zero-order chi connectivity index (χ0) is 18.3. The molecule has 1 saturated carbocycles. The van der Waals surface area contributed by atoms with Crippen LogP contribution in [-0.4, -0.2) is 29.7 Å². The van der Waals surface area contributed by atoms with Crippen LogP contribution in [0.2, 0.25) is 0 Å². The summed E-state index contributed by atoms with van der Waals surface area (Å²) in [6.07, 6.45) is -2.32. The molecule has 1 aliphatic heterocycles. The molecule has 138 valence electrons. The molecule has 1 aliphatic carbocycles. The number of anilines is 1. The van der Waals surface area contributed by atoms with Crippen molar-refractivity contribution in [2.75, 3.05) is 24.6 Å². The number of ether oxygens (including phenoxy) is 1. The summed E-state index contributed by atoms with van der Waals surface area (Å²) in [7, 11) is 0. The van der Waals surface area contributed by atoms with Gasteiger partial charge >= 0.3 is 6.18 Å². The van der Waals surface area contributed by atoms with Gasteiger partial charge in [0.25, 0.3) is 0 Å². The quantitative estimate of drug-likeness (QED) is 0.817. The van der Waals surface area contributed by atoms with Gasteiger partial charge in [-0.1, -0.05) is 12.1 Å². The zero-order valence-electron chi connectivity index (χ0n) is 14.5. The van der Waals surface area contributed by atoms with Crippen LogP contribution in [0.1, 0.15) is 47.5 Å². The van der Waals surface area contributed by atoms with E-state index in [-0.39, 0.29) is 6.10 Å². The molecule has 2 aromatic rings. The maximum absolute atomic E-state index is 12.7. The molecule has 0 amide bonds. The lowest BCUT2D eigenvalue weighted by molar-refractivity contribution is -0.137. The van der Waals surface area contributed by atoms with E-state index >= 15 is 0 Å². The van der Waals surface area contributed by atoms with E-state index in [9.17, 15) is 13.2 Å². The van der Waals surface area contributed by atoms with Crippen molar-refractivity contribution in [1.82, 2.24) is 9.97 Å². The highest BCUT2D eigenvalue weighted by Gasteiger charge is 2.31. The predicted octanol–water partition coefficient (Wildman–Crippen LogP) is 4.26. The molecule has 0 spiro atoms. The molecular weight excluding hydrogens is 343 g/mol. The molecule has 2 aliphatic rings. The first-order valence-corrected chi connectivity index (χ1v) is 8.79. The summed E-state index contributed by atoms with van der Waals surface area (Å²) >= 11 is 0. The summed E-state index contributed by atoms with van der Waals surface area (Å²) < 4.78 is 44.0. The molecule has 7 heteroatoms. The number of hydrogen-bond acceptors (Lipinski definition) is 4. The Morgan fingerprint density at radius 3 is 2.50 bits per heavy atom. The van der Waals surface area contributed by atoms with Crippen molar-refractivity contribution in [3.8, 4) is 0 Å². The fourth-order valence-corrected chi connectivity index (χ4v) is 3.21. The first kappa shape index (κ1) is 17.3. The molecule has 0 bridgehead atoms. The Morgan fingerprint density at radius 1 is 1.12 bits per heavy atom. The maximum atomic E-state index is 12.7. The molecule has 0 N–H and O–H groups in total. The van der Waals surface area contributed by atoms with Crippen molar-refractivity contribution in [3.63, 3.8) is 0 Å². The van der Waals surface area contributed by atoms with Gasteiger partial charge in [0.05, 0.1) is 12.2 Å². The van der Waals surface area contributed by atoms with Crippen molar-refractivity contribution in [1.29, 1.82) is 0 Å². The maximum Gasteiger partial charge on any atom is 0.416 e. The van der Waals surface area contributed by atoms with Crippen LogP contribution in [0, 0.1) is 6.92 Å². The second kappa shape index (κ2) is 6.54. The summed E-state index contributed by atoms with van der Waals surface area (Å²) in [4.78, 5) is 11.4. The number of benzene rings is 1. The molecule has 1 atom stereocenters. The number of halogens is 3. The van der Waals surface area contributed by atoms with Gasteiger partial charge in [-0.2, -0.15) is 13.2 Å². The van der Waals surface area contributed by atoms with Crippen LogP contribution in [0.4, 0.5) is 19.0 Å². The molecule has 0 radical (unpaired) electrons. The minimum absolute atomic E-state index is 0.273. The Morgan fingerprint density at radius 2 is 1.85 bits per heavy atom. The standard InChI is InChI=1S/C19H20F3N3O/c1-12-10-17(24-18(23-12)14-2-3-14)25-8-9-26-16(11-25)13-4-6-15(7-5-13)19(20,21)22/h4-7,10,14,16H,2-3,8-9,11H2,1H3/t16-/m0/s1. The SMILES string of the molecule is Cc1cc(N2CCO[C@H](c3ccc(C(F)(F)F)cc3)C2)nc(C2CC2)n1. The van der Waals surface area contributed by atoms with Crippen molar-refractivity contribution < 1.29 is 17.9 Å². The smallest absolute Gasteiger partial charge is 0.370 e. The van der Waals surface area contributed by atoms with E-state index in [0.29, 0.717) is 25.6 Å². The normalized spacial score (nSPS) is 21.1. The van der Waals surface area contributed by atoms with Crippen LogP contribution in [0.5, 0.6) is 0 Å². The molecule has 1 aromatic heterocycles. The Labute approximate surface area is 150 Å². The van der Waals surface area contributed by atoms with E-state index in [1.54, 1.807) is 0 Å². The highest BCUT2D eigenvalue weighted by atomic mass is 19.4. The lowest BCUT2D eigenvalue weighted by Crippen LogP contribution is -2.39. The highest BCUT2D eigenvalue weighted by Crippen LogP contribution is 2.39. The Bertz CT molecular complexity index is 788. The number of alkyl halides is 3. The third kappa shape index (κ3) is 3.67. The van der Waals surface area contributed by atoms with Crippen LogP contribution in [0.3, 0.4) is 0 Å². The third-order valence-corrected chi connectivity index (χ3v) is 4.80. The molecule has 26 heavy (non-hydrogen) atoms. The van der Waals surface area contributed by atoms with Crippen LogP contribution in [-0.2, 0) is 10.9 Å². The van der Waals surface area contributed by atoms with E-state index in [1.807, 2.05) is 13.0 Å². The van der Waals surface area contributed by atoms with E-state index in [4.69, 9.17) is 9.72 Å². The first-order valence-electron chi connectivity index (χ1n) is 8.79. The molecule has 2 fully saturated rings. The Balaban J connectivity index is 1.52. The average Bonchev–Trinajstić information content (AvgIpc) is 3.46. The fraction of sp³-hybridized carbons (Fsp3) is 0.474. The van der Waals surface area contributed by atoms with E-state index in [0.717, 1.165) is 47.9 Å². The van der Waals surface area contributed by atoms with Gasteiger partial charge < -0.3 is 9.64 Å². The van der Waals surface area contributed by atoms with Crippen LogP contribution in [0.15, 0.2) is 30.3 Å². The number of nitrogens with zero attached hydrogens (tertiary/aromatic N) is 3. The number of hydrogen-bond donors (Lipinski definition) is 0. The van der Waals surface area contributed by atoms with Gasteiger partial charge in [0.1, 0.15) is 17.7 Å². The third-order valence-electron chi connectivity index (χ3n) is 4.80. The second-order valence-corrected chi connectivity index (χ2v) is 6.93. The van der Waals surface area contributed by atoms with Crippen LogP contribution in [0.25, 0.3) is 0 Å². The monoisotopic (exact) mass is 363 g/mol. The summed E-state index contributed by atoms with van der Waals surface area (Å²) in [6.45, 7) is 3.74. The number of aryl methyl sites for hydroxylation is 1. The average molecular weight is 363 g/mol. The summed E-state index contributed by atoms with van der Waals surface area (Å²) in [6, 6.07) is 7.17. The van der Waals surface area contributed by atoms with Crippen LogP contribution < -0.4 is 4.90 Å². The van der Waals surface area contributed by atoms with Gasteiger partial charge in [0.15, 0.2) is 0 Å². The highest BCUT2D eigenvalue weighted by molar-refractivity contribution is 5.42.